The van der Waals surface area contributed by atoms with Crippen LogP contribution in [-0.4, -0.2) is 11.3 Å². The van der Waals surface area contributed by atoms with Gasteiger partial charge in [0.1, 0.15) is 5.76 Å². The number of ether oxygens (including phenoxy) is 1. The third-order valence-electron chi connectivity index (χ3n) is 3.46. The van der Waals surface area contributed by atoms with Crippen molar-refractivity contribution in [1.29, 1.82) is 0 Å². The lowest BCUT2D eigenvalue weighted by Crippen LogP contribution is -2.16. The van der Waals surface area contributed by atoms with Crippen LogP contribution in [0.5, 0.6) is 0 Å². The summed E-state index contributed by atoms with van der Waals surface area (Å²) in [7, 11) is 0. The Labute approximate surface area is 134 Å². The highest BCUT2D eigenvalue weighted by molar-refractivity contribution is 6.31. The van der Waals surface area contributed by atoms with E-state index in [9.17, 15) is 18.0 Å². The maximum atomic E-state index is 12.5. The van der Waals surface area contributed by atoms with E-state index < -0.39 is 11.9 Å². The van der Waals surface area contributed by atoms with Gasteiger partial charge in [0, 0.05) is 22.4 Å². The van der Waals surface area contributed by atoms with Crippen molar-refractivity contribution in [3.05, 3.63) is 63.2 Å². The zero-order chi connectivity index (χ0) is 16.6. The van der Waals surface area contributed by atoms with Gasteiger partial charge in [-0.25, -0.2) is 0 Å². The fourth-order valence-corrected chi connectivity index (χ4v) is 2.68. The van der Waals surface area contributed by atoms with Crippen LogP contribution in [0.4, 0.5) is 13.2 Å². The molecule has 7 heteroatoms. The summed E-state index contributed by atoms with van der Waals surface area (Å²) >= 11 is 5.86. The minimum absolute atomic E-state index is 0.117. The molecule has 0 fully saturated rings. The molecule has 1 heterocycles. The van der Waals surface area contributed by atoms with E-state index in [1.165, 1.54) is 12.1 Å². The summed E-state index contributed by atoms with van der Waals surface area (Å²) in [5, 5.41) is 1.37. The number of benzene rings is 1. The highest BCUT2D eigenvalue weighted by Gasteiger charge is 2.33. The van der Waals surface area contributed by atoms with Crippen molar-refractivity contribution in [1.82, 2.24) is 4.98 Å². The monoisotopic (exact) mass is 341 g/mol. The fourth-order valence-electron chi connectivity index (χ4n) is 2.51. The third kappa shape index (κ3) is 3.42. The molecule has 23 heavy (non-hydrogen) atoms. The topological polar surface area (TPSA) is 42.1 Å². The number of aromatic amines is 1. The quantitative estimate of drug-likeness (QED) is 0.854. The van der Waals surface area contributed by atoms with Crippen molar-refractivity contribution in [3.63, 3.8) is 0 Å². The Morgan fingerprint density at radius 3 is 2.74 bits per heavy atom. The largest absolute Gasteiger partial charge is 0.572 e. The number of allylic oxidation sites excluding steroid dienone is 4. The number of aromatic nitrogens is 1. The first-order valence-electron chi connectivity index (χ1n) is 6.82. The van der Waals surface area contributed by atoms with Gasteiger partial charge in [-0.3, -0.25) is 4.79 Å². The van der Waals surface area contributed by atoms with Gasteiger partial charge in [-0.05, 0) is 30.0 Å². The summed E-state index contributed by atoms with van der Waals surface area (Å²) in [6.45, 7) is 0. The normalized spacial score (nSPS) is 15.3. The molecule has 1 aromatic carbocycles. The molecule has 0 amide bonds. The van der Waals surface area contributed by atoms with E-state index >= 15 is 0 Å². The van der Waals surface area contributed by atoms with Crippen molar-refractivity contribution in [2.45, 2.75) is 19.2 Å². The summed E-state index contributed by atoms with van der Waals surface area (Å²) in [5.41, 5.74) is 0.0837. The Bertz CT molecular complexity index is 881. The van der Waals surface area contributed by atoms with E-state index in [4.69, 9.17) is 11.6 Å². The van der Waals surface area contributed by atoms with Gasteiger partial charge in [-0.1, -0.05) is 29.8 Å². The maximum absolute atomic E-state index is 12.5. The Hall–Kier alpha value is -2.21. The second-order valence-corrected chi connectivity index (χ2v) is 5.51. The predicted octanol–water partition coefficient (Wildman–Crippen LogP) is 4.78. The number of nitrogens with one attached hydrogen (secondary N) is 1. The van der Waals surface area contributed by atoms with Crippen LogP contribution in [0.2, 0.25) is 5.02 Å². The zero-order valence-electron chi connectivity index (χ0n) is 11.7. The van der Waals surface area contributed by atoms with E-state index in [0.717, 1.165) is 0 Å². The minimum atomic E-state index is -4.77. The lowest BCUT2D eigenvalue weighted by Gasteiger charge is -2.18. The number of hydrogen-bond donors (Lipinski definition) is 1. The molecule has 1 aliphatic rings. The van der Waals surface area contributed by atoms with Gasteiger partial charge in [-0.15, -0.1) is 13.2 Å². The number of alkyl halides is 3. The zero-order valence-corrected chi connectivity index (χ0v) is 12.5. The number of hydrogen-bond acceptors (Lipinski definition) is 2. The van der Waals surface area contributed by atoms with Gasteiger partial charge in [0.25, 0.3) is 5.56 Å². The predicted molar refractivity (Wildman–Crippen MR) is 82.0 cm³/mol. The number of H-pyrrole nitrogens is 1. The first-order valence-corrected chi connectivity index (χ1v) is 7.20. The first-order chi connectivity index (χ1) is 10.8. The Kier molecular flexibility index (Phi) is 3.93. The molecule has 120 valence electrons. The summed E-state index contributed by atoms with van der Waals surface area (Å²) < 4.78 is 41.7. The van der Waals surface area contributed by atoms with Crippen molar-refractivity contribution in [3.8, 4) is 0 Å². The van der Waals surface area contributed by atoms with Crippen LogP contribution in [0.15, 0.2) is 47.0 Å². The minimum Gasteiger partial charge on any atom is -0.410 e. The van der Waals surface area contributed by atoms with Crippen LogP contribution in [0.3, 0.4) is 0 Å². The van der Waals surface area contributed by atoms with E-state index in [2.05, 4.69) is 9.72 Å². The Morgan fingerprint density at radius 1 is 1.22 bits per heavy atom. The molecule has 1 aromatic heterocycles. The molecule has 0 aliphatic heterocycles. The molecule has 0 radical (unpaired) electrons. The van der Waals surface area contributed by atoms with Crippen LogP contribution in [0.25, 0.3) is 16.3 Å². The molecule has 3 rings (SSSR count). The smallest absolute Gasteiger partial charge is 0.410 e. The third-order valence-corrected chi connectivity index (χ3v) is 3.70. The van der Waals surface area contributed by atoms with Gasteiger partial charge in [-0.2, -0.15) is 0 Å². The van der Waals surface area contributed by atoms with Crippen molar-refractivity contribution >= 4 is 27.9 Å². The summed E-state index contributed by atoms with van der Waals surface area (Å²) in [5.74, 6) is -0.205. The van der Waals surface area contributed by atoms with Crippen LogP contribution >= 0.6 is 11.6 Å². The number of halogens is 4. The SMILES string of the molecule is O=c1[nH]c(C2=C(OC(F)(F)F)CCC=C2)cc2ccc(Cl)cc12. The number of fused-ring (bicyclic) bond motifs is 1. The average Bonchev–Trinajstić information content (AvgIpc) is 2.47. The highest BCUT2D eigenvalue weighted by atomic mass is 35.5. The Morgan fingerprint density at radius 2 is 2.00 bits per heavy atom. The second kappa shape index (κ2) is 5.77. The van der Waals surface area contributed by atoms with Crippen LogP contribution in [-0.2, 0) is 4.74 Å². The number of rotatable bonds is 2. The van der Waals surface area contributed by atoms with Crippen molar-refractivity contribution in [2.24, 2.45) is 0 Å². The van der Waals surface area contributed by atoms with Crippen LogP contribution in [0.1, 0.15) is 18.5 Å². The van der Waals surface area contributed by atoms with E-state index in [1.807, 2.05) is 0 Å². The molecule has 0 bridgehead atoms. The highest BCUT2D eigenvalue weighted by Crippen LogP contribution is 2.33. The maximum Gasteiger partial charge on any atom is 0.572 e. The van der Waals surface area contributed by atoms with Crippen molar-refractivity contribution in [2.75, 3.05) is 0 Å². The van der Waals surface area contributed by atoms with Gasteiger partial charge >= 0.3 is 6.36 Å². The molecule has 1 aliphatic carbocycles. The van der Waals surface area contributed by atoms with Crippen LogP contribution in [0, 0.1) is 0 Å². The van der Waals surface area contributed by atoms with Gasteiger partial charge < -0.3 is 9.72 Å². The molecule has 0 saturated carbocycles. The summed E-state index contributed by atoms with van der Waals surface area (Å²) in [6, 6.07) is 6.38. The molecule has 0 saturated heterocycles. The van der Waals surface area contributed by atoms with E-state index in [-0.39, 0.29) is 23.4 Å². The molecular weight excluding hydrogens is 331 g/mol. The van der Waals surface area contributed by atoms with E-state index in [1.54, 1.807) is 24.3 Å². The molecule has 0 spiro atoms. The average molecular weight is 342 g/mol. The molecule has 1 N–H and O–H groups in total. The van der Waals surface area contributed by atoms with Crippen molar-refractivity contribution < 1.29 is 17.9 Å². The first kappa shape index (κ1) is 15.7. The molecule has 2 aromatic rings. The summed E-state index contributed by atoms with van der Waals surface area (Å²) in [4.78, 5) is 14.8. The molecule has 0 atom stereocenters. The van der Waals surface area contributed by atoms with Gasteiger partial charge in [0.2, 0.25) is 0 Å². The van der Waals surface area contributed by atoms with Gasteiger partial charge in [0.15, 0.2) is 0 Å². The van der Waals surface area contributed by atoms with E-state index in [0.29, 0.717) is 22.2 Å². The molecular formula is C16H11ClF3NO2. The Balaban J connectivity index is 2.16. The fraction of sp³-hybridized carbons (Fsp3) is 0.188. The van der Waals surface area contributed by atoms with Crippen LogP contribution < -0.4 is 5.56 Å². The number of pyridine rings is 1. The second-order valence-electron chi connectivity index (χ2n) is 5.07. The lowest BCUT2D eigenvalue weighted by molar-refractivity contribution is -0.306. The molecule has 0 unspecified atom stereocenters. The standard InChI is InChI=1S/C16H11ClF3NO2/c17-10-6-5-9-7-13(21-15(22)12(9)8-10)11-3-1-2-4-14(11)23-16(18,19)20/h1,3,5-8H,2,4H2,(H,21,22). The summed E-state index contributed by atoms with van der Waals surface area (Å²) in [6.07, 6.45) is -0.939. The lowest BCUT2D eigenvalue weighted by atomic mass is 10.00. The molecule has 3 nitrogen and oxygen atoms in total. The van der Waals surface area contributed by atoms with Gasteiger partial charge in [0.05, 0.1) is 5.69 Å².